The lowest BCUT2D eigenvalue weighted by atomic mass is 9.62. The van der Waals surface area contributed by atoms with Crippen LogP contribution in [-0.2, 0) is 10.2 Å². The van der Waals surface area contributed by atoms with Gasteiger partial charge in [-0.3, -0.25) is 4.79 Å². The minimum atomic E-state index is -1.78. The lowest BCUT2D eigenvalue weighted by Gasteiger charge is -2.37. The molecule has 0 bridgehead atoms. The van der Waals surface area contributed by atoms with E-state index in [9.17, 15) is 20.0 Å². The summed E-state index contributed by atoms with van der Waals surface area (Å²) in [5.41, 5.74) is -2.18. The molecule has 42 heavy (non-hydrogen) atoms. The summed E-state index contributed by atoms with van der Waals surface area (Å²) >= 11 is 12.2. The summed E-state index contributed by atoms with van der Waals surface area (Å²) in [6.07, 6.45) is 0.307. The molecule has 1 aliphatic heterocycles. The number of aromatic carboxylic acids is 1. The Balaban J connectivity index is 1.95. The van der Waals surface area contributed by atoms with E-state index >= 15 is 8.78 Å². The van der Waals surface area contributed by atoms with Crippen LogP contribution in [0.3, 0.4) is 0 Å². The van der Waals surface area contributed by atoms with E-state index in [1.807, 2.05) is 20.8 Å². The molecule has 11 heteroatoms. The van der Waals surface area contributed by atoms with Crippen LogP contribution >= 0.6 is 23.2 Å². The fourth-order valence-corrected chi connectivity index (χ4v) is 6.04. The highest BCUT2D eigenvalue weighted by molar-refractivity contribution is 6.31. The molecule has 4 atom stereocenters. The number of anilines is 1. The van der Waals surface area contributed by atoms with Crippen LogP contribution < -0.4 is 15.4 Å². The van der Waals surface area contributed by atoms with E-state index in [-0.39, 0.29) is 38.2 Å². The first-order valence-electron chi connectivity index (χ1n) is 13.0. The molecule has 0 spiro atoms. The first-order valence-corrected chi connectivity index (χ1v) is 13.8. The predicted octanol–water partition coefficient (Wildman–Crippen LogP) is 6.94. The maximum Gasteiger partial charge on any atom is 0.335 e. The molecule has 1 saturated heterocycles. The molecule has 0 aromatic heterocycles. The zero-order valence-corrected chi connectivity index (χ0v) is 24.8. The van der Waals surface area contributed by atoms with E-state index in [0.29, 0.717) is 6.42 Å². The van der Waals surface area contributed by atoms with Crippen molar-refractivity contribution in [3.63, 3.8) is 0 Å². The van der Waals surface area contributed by atoms with Crippen LogP contribution in [0.4, 0.5) is 14.5 Å². The summed E-state index contributed by atoms with van der Waals surface area (Å²) in [7, 11) is 1.32. The van der Waals surface area contributed by atoms with E-state index in [4.69, 9.17) is 27.9 Å². The normalized spacial score (nSPS) is 21.9. The molecule has 3 aromatic rings. The number of carbonyl (C=O) groups excluding carboxylic acids is 1. The quantitative estimate of drug-likeness (QED) is 0.265. The summed E-state index contributed by atoms with van der Waals surface area (Å²) in [5.74, 6) is -4.65. The van der Waals surface area contributed by atoms with E-state index in [2.05, 4.69) is 16.7 Å². The highest BCUT2D eigenvalue weighted by atomic mass is 35.5. The zero-order valence-electron chi connectivity index (χ0n) is 23.3. The number of carboxylic acid groups (broad SMARTS) is 1. The monoisotopic (exact) mass is 615 g/mol. The summed E-state index contributed by atoms with van der Waals surface area (Å²) in [6, 6.07) is 12.3. The second-order valence-corrected chi connectivity index (χ2v) is 12.2. The third-order valence-electron chi connectivity index (χ3n) is 7.44. The first kappa shape index (κ1) is 31.2. The van der Waals surface area contributed by atoms with Crippen molar-refractivity contribution in [1.29, 1.82) is 5.26 Å². The molecule has 220 valence electrons. The van der Waals surface area contributed by atoms with Crippen LogP contribution in [0.2, 0.25) is 10.0 Å². The van der Waals surface area contributed by atoms with Gasteiger partial charge in [-0.2, -0.15) is 5.26 Å². The molecule has 1 amide bonds. The molecular weight excluding hydrogens is 587 g/mol. The lowest BCUT2D eigenvalue weighted by Crippen LogP contribution is -2.45. The maximum atomic E-state index is 15.8. The van der Waals surface area contributed by atoms with Crippen molar-refractivity contribution in [2.45, 2.75) is 50.6 Å². The first-order chi connectivity index (χ1) is 19.7. The largest absolute Gasteiger partial charge is 0.495 e. The summed E-state index contributed by atoms with van der Waals surface area (Å²) < 4.78 is 36.8. The van der Waals surface area contributed by atoms with E-state index in [1.54, 1.807) is 0 Å². The Morgan fingerprint density at radius 3 is 2.45 bits per heavy atom. The van der Waals surface area contributed by atoms with Gasteiger partial charge < -0.3 is 20.5 Å². The minimum Gasteiger partial charge on any atom is -0.495 e. The van der Waals surface area contributed by atoms with Crippen molar-refractivity contribution in [3.05, 3.63) is 93.0 Å². The van der Waals surface area contributed by atoms with Gasteiger partial charge in [0.25, 0.3) is 0 Å². The second-order valence-electron chi connectivity index (χ2n) is 11.4. The van der Waals surface area contributed by atoms with Crippen molar-refractivity contribution in [1.82, 2.24) is 5.32 Å². The average molecular weight is 616 g/mol. The van der Waals surface area contributed by atoms with Crippen molar-refractivity contribution in [2.24, 2.45) is 5.41 Å². The number of methoxy groups -OCH3 is 1. The molecular formula is C31H29Cl2F2N3O4. The van der Waals surface area contributed by atoms with Crippen LogP contribution in [0.5, 0.6) is 5.75 Å². The highest BCUT2D eigenvalue weighted by Gasteiger charge is 2.61. The Morgan fingerprint density at radius 1 is 1.14 bits per heavy atom. The standard InChI is InChI=1S/C31H29Cl2F2N3O4/c1-30(2,3)14-24-31(15-36,19-10-9-17(32)13-21(19)34)25(18-6-5-7-20(33)26(18)35)27(38-24)28(39)37-22-11-8-16(29(40)41)12-23(22)42-4/h5-13,24-25,27,38H,14H2,1-4H3,(H,37,39)(H,40,41)/t24?,25?,27-,31+/m1/s1. The molecule has 1 aliphatic rings. The maximum absolute atomic E-state index is 15.8. The molecule has 0 radical (unpaired) electrons. The number of nitrogens with one attached hydrogen (secondary N) is 2. The number of halogens is 4. The number of carboxylic acids is 1. The van der Waals surface area contributed by atoms with Crippen molar-refractivity contribution in [3.8, 4) is 11.8 Å². The fourth-order valence-electron chi connectivity index (χ4n) is 5.69. The Labute approximate surface area is 252 Å². The number of amides is 1. The van der Waals surface area contributed by atoms with Gasteiger partial charge in [-0.15, -0.1) is 0 Å². The third kappa shape index (κ3) is 5.80. The van der Waals surface area contributed by atoms with Crippen molar-refractivity contribution < 1.29 is 28.2 Å². The SMILES string of the molecule is COc1cc(C(=O)O)ccc1NC(=O)[C@@H]1NC(CC(C)(C)C)[C@](C#N)(c2ccc(Cl)cc2F)C1c1cccc(Cl)c1F. The smallest absolute Gasteiger partial charge is 0.335 e. The number of hydrogen-bond acceptors (Lipinski definition) is 5. The van der Waals surface area contributed by atoms with E-state index < -0.39 is 52.3 Å². The molecule has 1 fully saturated rings. The zero-order chi connectivity index (χ0) is 31.0. The van der Waals surface area contributed by atoms with Gasteiger partial charge in [-0.25, -0.2) is 13.6 Å². The van der Waals surface area contributed by atoms with E-state index in [0.717, 1.165) is 6.07 Å². The van der Waals surface area contributed by atoms with Crippen molar-refractivity contribution >= 4 is 40.8 Å². The molecule has 1 heterocycles. The predicted molar refractivity (Wildman–Crippen MR) is 156 cm³/mol. The van der Waals surface area contributed by atoms with Gasteiger partial charge in [0, 0.05) is 22.5 Å². The third-order valence-corrected chi connectivity index (χ3v) is 7.96. The molecule has 2 unspecified atom stereocenters. The van der Waals surface area contributed by atoms with Crippen LogP contribution in [0.1, 0.15) is 54.6 Å². The number of nitrogens with zero attached hydrogens (tertiary/aromatic N) is 1. The molecule has 7 nitrogen and oxygen atoms in total. The highest BCUT2D eigenvalue weighted by Crippen LogP contribution is 2.53. The molecule has 0 aliphatic carbocycles. The number of carbonyl (C=O) groups is 2. The number of nitriles is 1. The lowest BCUT2D eigenvalue weighted by molar-refractivity contribution is -0.118. The number of rotatable bonds is 7. The Morgan fingerprint density at radius 2 is 1.86 bits per heavy atom. The number of ether oxygens (including phenoxy) is 1. The van der Waals surface area contributed by atoms with Gasteiger partial charge >= 0.3 is 5.97 Å². The Kier molecular flexibility index (Phi) is 8.84. The summed E-state index contributed by atoms with van der Waals surface area (Å²) in [6.45, 7) is 5.81. The average Bonchev–Trinajstić information content (AvgIpc) is 3.23. The molecule has 4 rings (SSSR count). The number of hydrogen-bond donors (Lipinski definition) is 3. The van der Waals surface area contributed by atoms with Crippen molar-refractivity contribution in [2.75, 3.05) is 12.4 Å². The van der Waals surface area contributed by atoms with Crippen LogP contribution in [0.25, 0.3) is 0 Å². The van der Waals surface area contributed by atoms with Crippen LogP contribution in [0.15, 0.2) is 54.6 Å². The Bertz CT molecular complexity index is 1590. The van der Waals surface area contributed by atoms with Gasteiger partial charge in [0.2, 0.25) is 5.91 Å². The summed E-state index contributed by atoms with van der Waals surface area (Å²) in [4.78, 5) is 25.5. The number of benzene rings is 3. The van der Waals surface area contributed by atoms with E-state index in [1.165, 1.54) is 55.6 Å². The second kappa shape index (κ2) is 11.9. The van der Waals surface area contributed by atoms with Crippen LogP contribution in [-0.4, -0.2) is 36.2 Å². The molecule has 3 aromatic carbocycles. The molecule has 3 N–H and O–H groups in total. The summed E-state index contributed by atoms with van der Waals surface area (Å²) in [5, 5.41) is 26.1. The van der Waals surface area contributed by atoms with Gasteiger partial charge in [0.15, 0.2) is 0 Å². The fraction of sp³-hybridized carbons (Fsp3) is 0.323. The Hall–Kier alpha value is -3.71. The topological polar surface area (TPSA) is 111 Å². The molecule has 0 saturated carbocycles. The minimum absolute atomic E-state index is 0.0424. The van der Waals surface area contributed by atoms with Gasteiger partial charge in [0.05, 0.1) is 35.5 Å². The van der Waals surface area contributed by atoms with Gasteiger partial charge in [-0.05, 0) is 53.8 Å². The van der Waals surface area contributed by atoms with Gasteiger partial charge in [0.1, 0.15) is 22.8 Å². The van der Waals surface area contributed by atoms with Crippen LogP contribution in [0, 0.1) is 28.4 Å². The van der Waals surface area contributed by atoms with Gasteiger partial charge in [-0.1, -0.05) is 62.2 Å².